The molecule has 2 atom stereocenters. The molecule has 0 amide bonds. The minimum Gasteiger partial charge on any atom is -0.480 e. The van der Waals surface area contributed by atoms with Crippen molar-refractivity contribution in [2.45, 2.75) is 36.0 Å². The second kappa shape index (κ2) is 5.37. The first kappa shape index (κ1) is 13.1. The van der Waals surface area contributed by atoms with Gasteiger partial charge in [-0.05, 0) is 25.5 Å². The first-order valence-electron chi connectivity index (χ1n) is 5.16. The van der Waals surface area contributed by atoms with Crippen LogP contribution in [0.1, 0.15) is 20.3 Å². The van der Waals surface area contributed by atoms with Crippen LogP contribution in [0.3, 0.4) is 0 Å². The fourth-order valence-corrected chi connectivity index (χ4v) is 2.67. The van der Waals surface area contributed by atoms with Crippen molar-refractivity contribution in [1.82, 2.24) is 0 Å². The van der Waals surface area contributed by atoms with E-state index in [9.17, 15) is 4.79 Å². The highest BCUT2D eigenvalue weighted by Gasteiger charge is 2.30. The van der Waals surface area contributed by atoms with E-state index >= 15 is 0 Å². The number of aliphatic carboxylic acids is 1. The van der Waals surface area contributed by atoms with Gasteiger partial charge in [0, 0.05) is 10.1 Å². The van der Waals surface area contributed by atoms with Crippen molar-refractivity contribution >= 4 is 17.7 Å². The van der Waals surface area contributed by atoms with E-state index in [0.29, 0.717) is 6.42 Å². The maximum absolute atomic E-state index is 10.9. The summed E-state index contributed by atoms with van der Waals surface area (Å²) < 4.78 is 0. The third kappa shape index (κ3) is 3.87. The maximum atomic E-state index is 10.9. The molecule has 2 unspecified atom stereocenters. The van der Waals surface area contributed by atoms with E-state index in [2.05, 4.69) is 0 Å². The first-order chi connectivity index (χ1) is 7.42. The summed E-state index contributed by atoms with van der Waals surface area (Å²) in [5.41, 5.74) is 4.55. The van der Waals surface area contributed by atoms with Crippen LogP contribution in [-0.4, -0.2) is 21.9 Å². The molecule has 3 N–H and O–H groups in total. The Bertz CT molecular complexity index is 351. The van der Waals surface area contributed by atoms with Gasteiger partial charge < -0.3 is 10.8 Å². The lowest BCUT2D eigenvalue weighted by molar-refractivity contribution is -0.142. The summed E-state index contributed by atoms with van der Waals surface area (Å²) in [5.74, 6) is -0.951. The minimum atomic E-state index is -1.15. The lowest BCUT2D eigenvalue weighted by Gasteiger charge is -2.23. The molecule has 0 bridgehead atoms. The van der Waals surface area contributed by atoms with Gasteiger partial charge in [0.2, 0.25) is 0 Å². The van der Waals surface area contributed by atoms with E-state index in [4.69, 9.17) is 10.8 Å². The Morgan fingerprint density at radius 2 is 2.06 bits per heavy atom. The van der Waals surface area contributed by atoms with E-state index in [-0.39, 0.29) is 5.25 Å². The molecule has 0 saturated carbocycles. The molecule has 0 aromatic heterocycles. The van der Waals surface area contributed by atoms with Crippen molar-refractivity contribution in [3.05, 3.63) is 30.3 Å². The van der Waals surface area contributed by atoms with Crippen molar-refractivity contribution in [3.8, 4) is 0 Å². The smallest absolute Gasteiger partial charge is 0.323 e. The monoisotopic (exact) mass is 239 g/mol. The van der Waals surface area contributed by atoms with Gasteiger partial charge in [-0.3, -0.25) is 4.79 Å². The topological polar surface area (TPSA) is 63.3 Å². The Labute approximate surface area is 100 Å². The summed E-state index contributed by atoms with van der Waals surface area (Å²) in [6.07, 6.45) is 0.446. The summed E-state index contributed by atoms with van der Waals surface area (Å²) in [5, 5.41) is 9.10. The number of thioether (sulfide) groups is 1. The van der Waals surface area contributed by atoms with Crippen molar-refractivity contribution in [2.75, 3.05) is 0 Å². The van der Waals surface area contributed by atoms with Crippen LogP contribution in [0.15, 0.2) is 35.2 Å². The van der Waals surface area contributed by atoms with Gasteiger partial charge >= 0.3 is 5.97 Å². The Hall–Kier alpha value is -1.00. The molecule has 0 aliphatic carbocycles. The number of carboxylic acid groups (broad SMARTS) is 1. The van der Waals surface area contributed by atoms with Gasteiger partial charge in [-0.15, -0.1) is 11.8 Å². The SMILES string of the molecule is CC(CC(C)(N)C(=O)O)Sc1ccccc1. The van der Waals surface area contributed by atoms with Gasteiger partial charge in [0.25, 0.3) is 0 Å². The number of hydrogen-bond acceptors (Lipinski definition) is 3. The van der Waals surface area contributed by atoms with Crippen LogP contribution in [0.5, 0.6) is 0 Å². The average molecular weight is 239 g/mol. The highest BCUT2D eigenvalue weighted by molar-refractivity contribution is 7.99. The lowest BCUT2D eigenvalue weighted by atomic mass is 9.98. The molecule has 1 aromatic rings. The zero-order chi connectivity index (χ0) is 12.2. The normalized spacial score (nSPS) is 16.4. The van der Waals surface area contributed by atoms with Crippen molar-refractivity contribution in [2.24, 2.45) is 5.73 Å². The quantitative estimate of drug-likeness (QED) is 0.774. The number of carbonyl (C=O) groups is 1. The standard InChI is InChI=1S/C12H17NO2S/c1-9(8-12(2,13)11(14)15)16-10-6-4-3-5-7-10/h3-7,9H,8,13H2,1-2H3,(H,14,15). The Kier molecular flexibility index (Phi) is 4.38. The van der Waals surface area contributed by atoms with Crippen LogP contribution < -0.4 is 5.73 Å². The average Bonchev–Trinajstić information content (AvgIpc) is 2.17. The summed E-state index contributed by atoms with van der Waals surface area (Å²) in [6.45, 7) is 3.54. The molecule has 16 heavy (non-hydrogen) atoms. The highest BCUT2D eigenvalue weighted by atomic mass is 32.2. The van der Waals surface area contributed by atoms with Gasteiger partial charge in [0.05, 0.1) is 0 Å². The zero-order valence-electron chi connectivity index (χ0n) is 9.51. The van der Waals surface area contributed by atoms with Crippen molar-refractivity contribution < 1.29 is 9.90 Å². The lowest BCUT2D eigenvalue weighted by Crippen LogP contribution is -2.46. The summed E-state index contributed by atoms with van der Waals surface area (Å²) in [4.78, 5) is 12.0. The molecule has 0 fully saturated rings. The molecule has 0 saturated heterocycles. The minimum absolute atomic E-state index is 0.175. The second-order valence-corrected chi connectivity index (χ2v) is 5.68. The predicted molar refractivity (Wildman–Crippen MR) is 66.6 cm³/mol. The van der Waals surface area contributed by atoms with E-state index < -0.39 is 11.5 Å². The maximum Gasteiger partial charge on any atom is 0.323 e. The van der Waals surface area contributed by atoms with Gasteiger partial charge in [0.15, 0.2) is 0 Å². The Morgan fingerprint density at radius 1 is 1.50 bits per heavy atom. The van der Waals surface area contributed by atoms with Crippen LogP contribution in [0.4, 0.5) is 0 Å². The molecule has 0 aliphatic rings. The Morgan fingerprint density at radius 3 is 2.56 bits per heavy atom. The summed E-state index contributed by atoms with van der Waals surface area (Å²) in [6, 6.07) is 9.91. The predicted octanol–water partition coefficient (Wildman–Crippen LogP) is 2.36. The number of benzene rings is 1. The number of nitrogens with two attached hydrogens (primary N) is 1. The van der Waals surface area contributed by atoms with Crippen molar-refractivity contribution in [1.29, 1.82) is 0 Å². The van der Waals surface area contributed by atoms with Gasteiger partial charge in [-0.1, -0.05) is 25.1 Å². The summed E-state index contributed by atoms with van der Waals surface area (Å²) in [7, 11) is 0. The largest absolute Gasteiger partial charge is 0.480 e. The summed E-state index contributed by atoms with van der Waals surface area (Å²) >= 11 is 1.64. The fourth-order valence-electron chi connectivity index (χ4n) is 1.46. The van der Waals surface area contributed by atoms with Crippen LogP contribution in [0.2, 0.25) is 0 Å². The van der Waals surface area contributed by atoms with E-state index in [1.54, 1.807) is 18.7 Å². The van der Waals surface area contributed by atoms with Gasteiger partial charge in [0.1, 0.15) is 5.54 Å². The molecule has 3 nitrogen and oxygen atoms in total. The third-order valence-electron chi connectivity index (χ3n) is 2.28. The van der Waals surface area contributed by atoms with Crippen molar-refractivity contribution in [3.63, 3.8) is 0 Å². The number of carboxylic acids is 1. The third-order valence-corrected chi connectivity index (χ3v) is 3.39. The highest BCUT2D eigenvalue weighted by Crippen LogP contribution is 2.27. The molecule has 0 heterocycles. The van der Waals surface area contributed by atoms with Crippen LogP contribution >= 0.6 is 11.8 Å². The van der Waals surface area contributed by atoms with Gasteiger partial charge in [-0.2, -0.15) is 0 Å². The van der Waals surface area contributed by atoms with E-state index in [1.807, 2.05) is 37.3 Å². The number of rotatable bonds is 5. The first-order valence-corrected chi connectivity index (χ1v) is 6.04. The number of hydrogen-bond donors (Lipinski definition) is 2. The van der Waals surface area contributed by atoms with E-state index in [0.717, 1.165) is 4.90 Å². The molecule has 1 rings (SSSR count). The fraction of sp³-hybridized carbons (Fsp3) is 0.417. The molecule has 1 aromatic carbocycles. The zero-order valence-corrected chi connectivity index (χ0v) is 10.3. The molecule has 0 aliphatic heterocycles. The van der Waals surface area contributed by atoms with Crippen LogP contribution in [0, 0.1) is 0 Å². The van der Waals surface area contributed by atoms with Gasteiger partial charge in [-0.25, -0.2) is 0 Å². The Balaban J connectivity index is 2.54. The molecular formula is C12H17NO2S. The molecular weight excluding hydrogens is 222 g/mol. The molecule has 88 valence electrons. The molecule has 0 spiro atoms. The van der Waals surface area contributed by atoms with Crippen LogP contribution in [0.25, 0.3) is 0 Å². The van der Waals surface area contributed by atoms with E-state index in [1.165, 1.54) is 0 Å². The molecule has 0 radical (unpaired) electrons. The van der Waals surface area contributed by atoms with Crippen LogP contribution in [-0.2, 0) is 4.79 Å². The second-order valence-electron chi connectivity index (χ2n) is 4.17. The molecule has 4 heteroatoms.